The van der Waals surface area contributed by atoms with E-state index in [2.05, 4.69) is 0 Å². The van der Waals surface area contributed by atoms with Gasteiger partial charge >= 0.3 is 0 Å². The molecule has 0 amide bonds. The summed E-state index contributed by atoms with van der Waals surface area (Å²) in [5, 5.41) is 19.2. The number of hydrogen-bond donors (Lipinski definition) is 1. The highest BCUT2D eigenvalue weighted by molar-refractivity contribution is 5.16. The average molecular weight is 137 g/mol. The van der Waals surface area contributed by atoms with Crippen LogP contribution < -0.4 is 0 Å². The first-order valence-electron chi connectivity index (χ1n) is 3.15. The van der Waals surface area contributed by atoms with Crippen LogP contribution in [0.4, 0.5) is 0 Å². The van der Waals surface area contributed by atoms with Crippen LogP contribution in [-0.4, -0.2) is 11.7 Å². The minimum absolute atomic E-state index is 0.468. The summed E-state index contributed by atoms with van der Waals surface area (Å²) in [7, 11) is 0. The predicted molar refractivity (Wildman–Crippen MR) is 37.0 cm³/mol. The molecule has 10 heavy (non-hydrogen) atoms. The molecule has 2 nitrogen and oxygen atoms in total. The van der Waals surface area contributed by atoms with Crippen LogP contribution in [0.5, 0.6) is 0 Å². The van der Waals surface area contributed by atoms with Crippen molar-refractivity contribution in [2.45, 2.75) is 6.10 Å². The number of rotatable bonds is 2. The normalized spacial score (nSPS) is 13.0. The Hall–Kier alpha value is -0.860. The first-order chi connectivity index (χ1) is 4.84. The van der Waals surface area contributed by atoms with Gasteiger partial charge in [0.2, 0.25) is 0 Å². The molecule has 1 aromatic rings. The lowest BCUT2D eigenvalue weighted by molar-refractivity contribution is 0.0550. The molecule has 0 fully saturated rings. The molecule has 2 heteroatoms. The van der Waals surface area contributed by atoms with Gasteiger partial charge in [-0.2, -0.15) is 0 Å². The zero-order valence-corrected chi connectivity index (χ0v) is 5.53. The number of hydrogen-bond acceptors (Lipinski definition) is 1. The minimum Gasteiger partial charge on any atom is -0.386 e. The lowest BCUT2D eigenvalue weighted by atomic mass is 10.1. The van der Waals surface area contributed by atoms with Gasteiger partial charge in [-0.1, -0.05) is 30.3 Å². The van der Waals surface area contributed by atoms with Gasteiger partial charge in [-0.05, 0) is 5.56 Å². The van der Waals surface area contributed by atoms with Crippen LogP contribution in [0.1, 0.15) is 11.7 Å². The SMILES string of the molecule is [O]CC(O)c1ccccc1. The van der Waals surface area contributed by atoms with Crippen LogP contribution in [0.15, 0.2) is 30.3 Å². The summed E-state index contributed by atoms with van der Waals surface area (Å²) >= 11 is 0. The topological polar surface area (TPSA) is 40.1 Å². The van der Waals surface area contributed by atoms with Gasteiger partial charge in [-0.3, -0.25) is 0 Å². The van der Waals surface area contributed by atoms with Crippen molar-refractivity contribution in [1.82, 2.24) is 0 Å². The number of benzene rings is 1. The lowest BCUT2D eigenvalue weighted by Gasteiger charge is -2.03. The quantitative estimate of drug-likeness (QED) is 0.652. The highest BCUT2D eigenvalue weighted by Crippen LogP contribution is 2.09. The second-order valence-corrected chi connectivity index (χ2v) is 2.09. The van der Waals surface area contributed by atoms with Crippen molar-refractivity contribution in [3.8, 4) is 0 Å². The van der Waals surface area contributed by atoms with Crippen LogP contribution in [-0.2, 0) is 5.11 Å². The third-order valence-corrected chi connectivity index (χ3v) is 1.34. The maximum absolute atomic E-state index is 10.2. The molecule has 0 saturated carbocycles. The molecule has 1 rings (SSSR count). The van der Waals surface area contributed by atoms with Gasteiger partial charge in [0, 0.05) is 0 Å². The smallest absolute Gasteiger partial charge is 0.112 e. The van der Waals surface area contributed by atoms with Gasteiger partial charge in [0.25, 0.3) is 0 Å². The zero-order chi connectivity index (χ0) is 7.40. The summed E-state index contributed by atoms with van der Waals surface area (Å²) in [6, 6.07) is 8.93. The molecule has 0 bridgehead atoms. The van der Waals surface area contributed by atoms with Crippen molar-refractivity contribution in [2.75, 3.05) is 6.61 Å². The van der Waals surface area contributed by atoms with Crippen LogP contribution in [0.2, 0.25) is 0 Å². The molecule has 0 aromatic heterocycles. The molecule has 0 spiro atoms. The molecule has 0 aliphatic heterocycles. The maximum Gasteiger partial charge on any atom is 0.112 e. The van der Waals surface area contributed by atoms with Crippen molar-refractivity contribution in [3.63, 3.8) is 0 Å². The largest absolute Gasteiger partial charge is 0.386 e. The Balaban J connectivity index is 2.75. The van der Waals surface area contributed by atoms with E-state index in [1.807, 2.05) is 6.07 Å². The van der Waals surface area contributed by atoms with Gasteiger partial charge in [0.05, 0.1) is 0 Å². The minimum atomic E-state index is -0.846. The molecular weight excluding hydrogens is 128 g/mol. The van der Waals surface area contributed by atoms with Gasteiger partial charge in [-0.25, -0.2) is 5.11 Å². The van der Waals surface area contributed by atoms with Gasteiger partial charge < -0.3 is 5.11 Å². The van der Waals surface area contributed by atoms with Gasteiger partial charge in [0.1, 0.15) is 12.7 Å². The first kappa shape index (κ1) is 7.25. The Labute approximate surface area is 59.7 Å². The molecule has 1 aromatic carbocycles. The Morgan fingerprint density at radius 1 is 1.30 bits per heavy atom. The molecule has 0 aliphatic carbocycles. The van der Waals surface area contributed by atoms with Crippen LogP contribution in [0.25, 0.3) is 0 Å². The van der Waals surface area contributed by atoms with Crippen molar-refractivity contribution in [3.05, 3.63) is 35.9 Å². The summed E-state index contributed by atoms with van der Waals surface area (Å²) in [4.78, 5) is 0. The second-order valence-electron chi connectivity index (χ2n) is 2.09. The summed E-state index contributed by atoms with van der Waals surface area (Å²) in [5.41, 5.74) is 0.692. The van der Waals surface area contributed by atoms with E-state index in [1.165, 1.54) is 0 Å². The predicted octanol–water partition coefficient (Wildman–Crippen LogP) is 1.15. The van der Waals surface area contributed by atoms with Crippen molar-refractivity contribution < 1.29 is 10.2 Å². The Morgan fingerprint density at radius 3 is 2.40 bits per heavy atom. The monoisotopic (exact) mass is 137 g/mol. The van der Waals surface area contributed by atoms with E-state index in [4.69, 9.17) is 5.11 Å². The van der Waals surface area contributed by atoms with E-state index in [9.17, 15) is 5.11 Å². The average Bonchev–Trinajstić information content (AvgIpc) is 2.05. The Bertz CT molecular complexity index is 184. The lowest BCUT2D eigenvalue weighted by Crippen LogP contribution is -2.00. The fourth-order valence-electron chi connectivity index (χ4n) is 0.771. The molecule has 1 unspecified atom stereocenters. The van der Waals surface area contributed by atoms with Crippen LogP contribution >= 0.6 is 0 Å². The van der Waals surface area contributed by atoms with Crippen molar-refractivity contribution in [1.29, 1.82) is 0 Å². The molecule has 0 heterocycles. The van der Waals surface area contributed by atoms with E-state index in [0.717, 1.165) is 0 Å². The molecule has 1 atom stereocenters. The van der Waals surface area contributed by atoms with E-state index in [-0.39, 0.29) is 0 Å². The standard InChI is InChI=1S/C8H9O2/c9-6-8(10)7-4-2-1-3-5-7/h1-5,8,10H,6H2. The Morgan fingerprint density at radius 2 is 1.90 bits per heavy atom. The number of aliphatic hydroxyl groups excluding tert-OH is 1. The van der Waals surface area contributed by atoms with E-state index < -0.39 is 12.7 Å². The van der Waals surface area contributed by atoms with E-state index >= 15 is 0 Å². The van der Waals surface area contributed by atoms with Crippen LogP contribution in [0.3, 0.4) is 0 Å². The van der Waals surface area contributed by atoms with Crippen molar-refractivity contribution in [2.24, 2.45) is 0 Å². The van der Waals surface area contributed by atoms with Crippen molar-refractivity contribution >= 4 is 0 Å². The summed E-state index contributed by atoms with van der Waals surface area (Å²) < 4.78 is 0. The van der Waals surface area contributed by atoms with Gasteiger partial charge in [0.15, 0.2) is 0 Å². The van der Waals surface area contributed by atoms with Crippen LogP contribution in [0, 0.1) is 0 Å². The van der Waals surface area contributed by atoms with Gasteiger partial charge in [-0.15, -0.1) is 0 Å². The molecule has 1 N–H and O–H groups in total. The third-order valence-electron chi connectivity index (χ3n) is 1.34. The Kier molecular flexibility index (Phi) is 2.42. The fraction of sp³-hybridized carbons (Fsp3) is 0.250. The molecule has 1 radical (unpaired) electrons. The molecular formula is C8H9O2. The molecule has 53 valence electrons. The summed E-state index contributed by atoms with van der Waals surface area (Å²) in [6.07, 6.45) is -0.846. The summed E-state index contributed by atoms with van der Waals surface area (Å²) in [6.45, 7) is -0.468. The second kappa shape index (κ2) is 3.34. The third kappa shape index (κ3) is 1.56. The van der Waals surface area contributed by atoms with E-state index in [0.29, 0.717) is 5.56 Å². The fourth-order valence-corrected chi connectivity index (χ4v) is 0.771. The first-order valence-corrected chi connectivity index (χ1v) is 3.15. The number of aliphatic hydroxyl groups is 1. The zero-order valence-electron chi connectivity index (χ0n) is 5.53. The molecule has 0 aliphatic rings. The molecule has 0 saturated heterocycles. The van der Waals surface area contributed by atoms with E-state index in [1.54, 1.807) is 24.3 Å². The maximum atomic E-state index is 10.2. The summed E-state index contributed by atoms with van der Waals surface area (Å²) in [5.74, 6) is 0. The highest BCUT2D eigenvalue weighted by Gasteiger charge is 2.03. The highest BCUT2D eigenvalue weighted by atomic mass is 16.3.